The minimum atomic E-state index is -0.168. The van der Waals surface area contributed by atoms with Gasteiger partial charge in [-0.25, -0.2) is 9.37 Å². The summed E-state index contributed by atoms with van der Waals surface area (Å²) in [4.78, 5) is 11.3. The van der Waals surface area contributed by atoms with E-state index in [2.05, 4.69) is 25.5 Å². The van der Waals surface area contributed by atoms with Crippen molar-refractivity contribution in [3.63, 3.8) is 0 Å². The number of ether oxygens (including phenoxy) is 1. The summed E-state index contributed by atoms with van der Waals surface area (Å²) >= 11 is 0. The molecule has 2 aromatic rings. The first kappa shape index (κ1) is 18.5. The van der Waals surface area contributed by atoms with Gasteiger partial charge in [-0.15, -0.1) is 0 Å². The highest BCUT2D eigenvalue weighted by Crippen LogP contribution is 2.11. The fraction of sp³-hybridized carbons (Fsp3) is 0.474. The number of nitrogens with one attached hydrogen (secondary N) is 2. The van der Waals surface area contributed by atoms with Gasteiger partial charge in [0.1, 0.15) is 11.6 Å². The average molecular weight is 359 g/mol. The van der Waals surface area contributed by atoms with Gasteiger partial charge in [-0.05, 0) is 25.0 Å². The Morgan fingerprint density at radius 2 is 1.92 bits per heavy atom. The summed E-state index contributed by atoms with van der Waals surface area (Å²) in [6.07, 6.45) is 0.607. The molecule has 0 bridgehead atoms. The van der Waals surface area contributed by atoms with Crippen LogP contribution < -0.4 is 10.6 Å². The van der Waals surface area contributed by atoms with Crippen LogP contribution in [0.2, 0.25) is 0 Å². The molecule has 2 heterocycles. The molecule has 1 saturated heterocycles. The van der Waals surface area contributed by atoms with Crippen LogP contribution in [0, 0.1) is 12.7 Å². The zero-order valence-corrected chi connectivity index (χ0v) is 15.2. The van der Waals surface area contributed by atoms with E-state index in [-0.39, 0.29) is 5.82 Å². The molecule has 1 aromatic heterocycles. The van der Waals surface area contributed by atoms with E-state index in [9.17, 15) is 4.39 Å². The fourth-order valence-electron chi connectivity index (χ4n) is 2.92. The lowest BCUT2D eigenvalue weighted by Gasteiger charge is -2.26. The number of morpholine rings is 1. The third-order valence-corrected chi connectivity index (χ3v) is 4.33. The maximum absolute atomic E-state index is 13.7. The highest BCUT2D eigenvalue weighted by molar-refractivity contribution is 5.42. The van der Waals surface area contributed by atoms with Crippen molar-refractivity contribution in [2.75, 3.05) is 56.6 Å². The summed E-state index contributed by atoms with van der Waals surface area (Å²) in [6.45, 7) is 7.84. The minimum Gasteiger partial charge on any atom is -0.379 e. The predicted octanol–water partition coefficient (Wildman–Crippen LogP) is 2.32. The molecule has 3 rings (SSSR count). The van der Waals surface area contributed by atoms with Crippen molar-refractivity contribution in [1.29, 1.82) is 0 Å². The number of nitrogens with zero attached hydrogens (tertiary/aromatic N) is 3. The Bertz CT molecular complexity index is 706. The Morgan fingerprint density at radius 3 is 2.73 bits per heavy atom. The van der Waals surface area contributed by atoms with E-state index < -0.39 is 0 Å². The molecule has 6 nitrogen and oxygen atoms in total. The number of anilines is 2. The lowest BCUT2D eigenvalue weighted by molar-refractivity contribution is 0.0398. The van der Waals surface area contributed by atoms with Gasteiger partial charge in [0, 0.05) is 44.5 Å². The number of hydrogen-bond acceptors (Lipinski definition) is 6. The SMILES string of the molecule is Cc1cc(NCCc2ccccc2F)nc(NCCN2CCOCC2)n1. The summed E-state index contributed by atoms with van der Waals surface area (Å²) in [5, 5.41) is 6.54. The van der Waals surface area contributed by atoms with Crippen LogP contribution in [-0.4, -0.2) is 60.8 Å². The van der Waals surface area contributed by atoms with Gasteiger partial charge in [-0.3, -0.25) is 4.90 Å². The van der Waals surface area contributed by atoms with Crippen molar-refractivity contribution in [2.24, 2.45) is 0 Å². The van der Waals surface area contributed by atoms with Gasteiger partial charge in [0.05, 0.1) is 13.2 Å². The predicted molar refractivity (Wildman–Crippen MR) is 101 cm³/mol. The molecule has 2 N–H and O–H groups in total. The van der Waals surface area contributed by atoms with Crippen molar-refractivity contribution in [1.82, 2.24) is 14.9 Å². The van der Waals surface area contributed by atoms with Gasteiger partial charge in [0.25, 0.3) is 0 Å². The van der Waals surface area contributed by atoms with E-state index in [0.717, 1.165) is 50.9 Å². The van der Waals surface area contributed by atoms with Crippen molar-refractivity contribution in [2.45, 2.75) is 13.3 Å². The third kappa shape index (κ3) is 5.64. The molecular weight excluding hydrogens is 333 g/mol. The summed E-state index contributed by atoms with van der Waals surface area (Å²) in [5.74, 6) is 1.20. The molecule has 140 valence electrons. The molecular formula is C19H26FN5O. The van der Waals surface area contributed by atoms with Gasteiger partial charge >= 0.3 is 0 Å². The molecule has 1 aliphatic heterocycles. The maximum Gasteiger partial charge on any atom is 0.224 e. The highest BCUT2D eigenvalue weighted by atomic mass is 19.1. The summed E-state index contributed by atoms with van der Waals surface area (Å²) in [5.41, 5.74) is 1.59. The molecule has 1 aliphatic rings. The van der Waals surface area contributed by atoms with E-state index in [1.165, 1.54) is 6.07 Å². The van der Waals surface area contributed by atoms with Crippen molar-refractivity contribution in [3.05, 3.63) is 47.4 Å². The number of aromatic nitrogens is 2. The number of halogens is 1. The number of hydrogen-bond donors (Lipinski definition) is 2. The van der Waals surface area contributed by atoms with Gasteiger partial charge in [-0.1, -0.05) is 18.2 Å². The smallest absolute Gasteiger partial charge is 0.224 e. The first-order valence-corrected chi connectivity index (χ1v) is 9.07. The molecule has 26 heavy (non-hydrogen) atoms. The first-order valence-electron chi connectivity index (χ1n) is 9.07. The first-order chi connectivity index (χ1) is 12.7. The van der Waals surface area contributed by atoms with Gasteiger partial charge in [-0.2, -0.15) is 4.98 Å². The van der Waals surface area contributed by atoms with E-state index in [1.54, 1.807) is 12.1 Å². The van der Waals surface area contributed by atoms with Crippen LogP contribution in [0.3, 0.4) is 0 Å². The molecule has 0 atom stereocenters. The van der Waals surface area contributed by atoms with E-state index in [4.69, 9.17) is 4.74 Å². The van der Waals surface area contributed by atoms with Crippen molar-refractivity contribution < 1.29 is 9.13 Å². The Hall–Kier alpha value is -2.25. The second kappa shape index (κ2) is 9.45. The standard InChI is InChI=1S/C19H26FN5O/c1-15-14-18(21-7-6-16-4-2-3-5-17(16)20)24-19(23-15)22-8-9-25-10-12-26-13-11-25/h2-5,14H,6-13H2,1H3,(H2,21,22,23,24). The Morgan fingerprint density at radius 1 is 1.12 bits per heavy atom. The molecule has 0 aliphatic carbocycles. The summed E-state index contributed by atoms with van der Waals surface area (Å²) in [6, 6.07) is 8.74. The Kier molecular flexibility index (Phi) is 6.74. The molecule has 0 unspecified atom stereocenters. The van der Waals surface area contributed by atoms with Crippen LogP contribution in [0.15, 0.2) is 30.3 Å². The van der Waals surface area contributed by atoms with Crippen LogP contribution in [0.25, 0.3) is 0 Å². The lowest BCUT2D eigenvalue weighted by atomic mass is 10.1. The zero-order chi connectivity index (χ0) is 18.2. The molecule has 0 amide bonds. The van der Waals surface area contributed by atoms with Crippen LogP contribution in [0.5, 0.6) is 0 Å². The molecule has 7 heteroatoms. The molecule has 0 spiro atoms. The molecule has 0 saturated carbocycles. The second-order valence-electron chi connectivity index (χ2n) is 6.37. The maximum atomic E-state index is 13.7. The Balaban J connectivity index is 1.48. The van der Waals surface area contributed by atoms with E-state index in [1.807, 2.05) is 19.1 Å². The van der Waals surface area contributed by atoms with Gasteiger partial charge in [0.15, 0.2) is 0 Å². The lowest BCUT2D eigenvalue weighted by Crippen LogP contribution is -2.39. The Labute approximate surface area is 153 Å². The highest BCUT2D eigenvalue weighted by Gasteiger charge is 2.10. The fourth-order valence-corrected chi connectivity index (χ4v) is 2.92. The van der Waals surface area contributed by atoms with Crippen molar-refractivity contribution in [3.8, 4) is 0 Å². The number of rotatable bonds is 8. The van der Waals surface area contributed by atoms with Gasteiger partial charge < -0.3 is 15.4 Å². The largest absolute Gasteiger partial charge is 0.379 e. The molecule has 1 aromatic carbocycles. The van der Waals surface area contributed by atoms with Crippen LogP contribution in [0.1, 0.15) is 11.3 Å². The molecule has 0 radical (unpaired) electrons. The normalized spacial score (nSPS) is 15.0. The average Bonchev–Trinajstić information content (AvgIpc) is 2.64. The monoisotopic (exact) mass is 359 g/mol. The summed E-state index contributed by atoms with van der Waals surface area (Å²) < 4.78 is 19.0. The van der Waals surface area contributed by atoms with E-state index in [0.29, 0.717) is 24.5 Å². The third-order valence-electron chi connectivity index (χ3n) is 4.33. The van der Waals surface area contributed by atoms with Crippen LogP contribution in [-0.2, 0) is 11.2 Å². The number of benzene rings is 1. The van der Waals surface area contributed by atoms with Crippen LogP contribution >= 0.6 is 0 Å². The minimum absolute atomic E-state index is 0.168. The van der Waals surface area contributed by atoms with E-state index >= 15 is 0 Å². The topological polar surface area (TPSA) is 62.3 Å². The second-order valence-corrected chi connectivity index (χ2v) is 6.37. The van der Waals surface area contributed by atoms with Crippen LogP contribution in [0.4, 0.5) is 16.2 Å². The number of aryl methyl sites for hydroxylation is 1. The summed E-state index contributed by atoms with van der Waals surface area (Å²) in [7, 11) is 0. The molecule has 1 fully saturated rings. The van der Waals surface area contributed by atoms with Gasteiger partial charge in [0.2, 0.25) is 5.95 Å². The zero-order valence-electron chi connectivity index (χ0n) is 15.2. The quantitative estimate of drug-likeness (QED) is 0.754. The van der Waals surface area contributed by atoms with Crippen molar-refractivity contribution >= 4 is 11.8 Å².